The van der Waals surface area contributed by atoms with Gasteiger partial charge in [-0.15, -0.1) is 0 Å². The lowest BCUT2D eigenvalue weighted by atomic mass is 9.90. The Bertz CT molecular complexity index is 995. The molecule has 4 aromatic carbocycles. The van der Waals surface area contributed by atoms with E-state index in [9.17, 15) is 14.9 Å². The van der Waals surface area contributed by atoms with Crippen LogP contribution in [0.4, 0.5) is 5.69 Å². The van der Waals surface area contributed by atoms with E-state index >= 15 is 0 Å². The predicted octanol–water partition coefficient (Wildman–Crippen LogP) is 4.69. The Balaban J connectivity index is 2.33. The molecule has 106 valence electrons. The smallest absolute Gasteiger partial charge is 0.277 e. The van der Waals surface area contributed by atoms with Crippen molar-refractivity contribution in [2.24, 2.45) is 0 Å². The molecule has 0 heterocycles. The van der Waals surface area contributed by atoms with Gasteiger partial charge in [0.1, 0.15) is 0 Å². The van der Waals surface area contributed by atoms with Crippen molar-refractivity contribution in [3.63, 3.8) is 0 Å². The highest BCUT2D eigenvalue weighted by atomic mass is 16.6. The fourth-order valence-electron chi connectivity index (χ4n) is 3.25. The number of benzene rings is 4. The standard InChI is InChI=1S/C18H11NO3/c1-10(20)13-6-4-11-2-3-12-5-9-16(19(21)22)15-8-7-14(13)17(11)18(12)15/h2-9H,1H3. The van der Waals surface area contributed by atoms with Gasteiger partial charge in [-0.3, -0.25) is 14.9 Å². The van der Waals surface area contributed by atoms with Crippen molar-refractivity contribution in [3.05, 3.63) is 64.2 Å². The second-order valence-electron chi connectivity index (χ2n) is 5.43. The number of nitro groups is 1. The van der Waals surface area contributed by atoms with E-state index in [2.05, 4.69) is 0 Å². The minimum Gasteiger partial charge on any atom is -0.294 e. The molecular formula is C18H11NO3. The molecule has 0 bridgehead atoms. The van der Waals surface area contributed by atoms with E-state index in [0.29, 0.717) is 10.9 Å². The number of nitro benzene ring substituents is 1. The Morgan fingerprint density at radius 3 is 2.05 bits per heavy atom. The molecule has 0 atom stereocenters. The lowest BCUT2D eigenvalue weighted by Gasteiger charge is -2.12. The molecule has 0 aliphatic rings. The molecule has 0 saturated heterocycles. The third-order valence-corrected chi connectivity index (χ3v) is 4.22. The molecule has 0 saturated carbocycles. The summed E-state index contributed by atoms with van der Waals surface area (Å²) in [4.78, 5) is 22.8. The molecule has 0 amide bonds. The van der Waals surface area contributed by atoms with Crippen LogP contribution in [-0.2, 0) is 0 Å². The SMILES string of the molecule is CC(=O)c1ccc2ccc3ccc([N+](=O)[O-])c4ccc1c2c34. The molecule has 0 aliphatic heterocycles. The Morgan fingerprint density at radius 2 is 1.41 bits per heavy atom. The maximum Gasteiger partial charge on any atom is 0.277 e. The Kier molecular flexibility index (Phi) is 2.45. The fourth-order valence-corrected chi connectivity index (χ4v) is 3.25. The first-order chi connectivity index (χ1) is 10.6. The topological polar surface area (TPSA) is 60.2 Å². The van der Waals surface area contributed by atoms with Crippen LogP contribution in [0.3, 0.4) is 0 Å². The third-order valence-electron chi connectivity index (χ3n) is 4.22. The minimum absolute atomic E-state index is 0.00701. The molecule has 0 aromatic heterocycles. The number of hydrogen-bond acceptors (Lipinski definition) is 3. The van der Waals surface area contributed by atoms with Gasteiger partial charge in [0.25, 0.3) is 5.69 Å². The van der Waals surface area contributed by atoms with E-state index in [4.69, 9.17) is 0 Å². The molecule has 0 spiro atoms. The Labute approximate surface area is 125 Å². The molecular weight excluding hydrogens is 278 g/mol. The number of non-ortho nitro benzene ring substituents is 1. The highest BCUT2D eigenvalue weighted by Crippen LogP contribution is 2.39. The number of carbonyl (C=O) groups is 1. The van der Waals surface area contributed by atoms with Crippen molar-refractivity contribution < 1.29 is 9.72 Å². The summed E-state index contributed by atoms with van der Waals surface area (Å²) >= 11 is 0. The van der Waals surface area contributed by atoms with Crippen molar-refractivity contribution in [2.45, 2.75) is 6.92 Å². The molecule has 0 aliphatic carbocycles. The van der Waals surface area contributed by atoms with Crippen LogP contribution in [0, 0.1) is 10.1 Å². The number of hydrogen-bond donors (Lipinski definition) is 0. The highest BCUT2D eigenvalue weighted by Gasteiger charge is 2.18. The molecule has 0 radical (unpaired) electrons. The lowest BCUT2D eigenvalue weighted by Crippen LogP contribution is -1.96. The molecule has 0 unspecified atom stereocenters. The fraction of sp³-hybridized carbons (Fsp3) is 0.0556. The van der Waals surface area contributed by atoms with Crippen molar-refractivity contribution in [3.8, 4) is 0 Å². The summed E-state index contributed by atoms with van der Waals surface area (Å²) in [6.07, 6.45) is 0. The maximum absolute atomic E-state index is 11.9. The van der Waals surface area contributed by atoms with Gasteiger partial charge in [-0.25, -0.2) is 0 Å². The van der Waals surface area contributed by atoms with Gasteiger partial charge >= 0.3 is 0 Å². The van der Waals surface area contributed by atoms with E-state index < -0.39 is 0 Å². The molecule has 4 aromatic rings. The summed E-state index contributed by atoms with van der Waals surface area (Å²) in [7, 11) is 0. The molecule has 4 nitrogen and oxygen atoms in total. The van der Waals surface area contributed by atoms with Crippen LogP contribution in [0.1, 0.15) is 17.3 Å². The van der Waals surface area contributed by atoms with Crippen LogP contribution in [0.15, 0.2) is 48.5 Å². The van der Waals surface area contributed by atoms with E-state index in [1.165, 1.54) is 13.0 Å². The first kappa shape index (κ1) is 12.7. The second kappa shape index (κ2) is 4.24. The highest BCUT2D eigenvalue weighted by molar-refractivity contribution is 6.27. The van der Waals surface area contributed by atoms with Crippen molar-refractivity contribution in [1.29, 1.82) is 0 Å². The van der Waals surface area contributed by atoms with Crippen LogP contribution in [-0.4, -0.2) is 10.7 Å². The number of ketones is 1. The van der Waals surface area contributed by atoms with E-state index in [-0.39, 0.29) is 16.4 Å². The lowest BCUT2D eigenvalue weighted by molar-refractivity contribution is -0.383. The average molecular weight is 289 g/mol. The van der Waals surface area contributed by atoms with Gasteiger partial charge in [0.2, 0.25) is 0 Å². The van der Waals surface area contributed by atoms with Crippen molar-refractivity contribution in [2.75, 3.05) is 0 Å². The monoisotopic (exact) mass is 289 g/mol. The van der Waals surface area contributed by atoms with Gasteiger partial charge in [0.15, 0.2) is 5.78 Å². The van der Waals surface area contributed by atoms with Crippen molar-refractivity contribution >= 4 is 43.8 Å². The molecule has 4 heteroatoms. The van der Waals surface area contributed by atoms with Crippen LogP contribution in [0.25, 0.3) is 32.3 Å². The van der Waals surface area contributed by atoms with Crippen LogP contribution in [0.2, 0.25) is 0 Å². The first-order valence-electron chi connectivity index (χ1n) is 6.94. The summed E-state index contributed by atoms with van der Waals surface area (Å²) in [5.74, 6) is -0.00701. The zero-order valence-electron chi connectivity index (χ0n) is 11.8. The molecule has 4 rings (SSSR count). The van der Waals surface area contributed by atoms with Gasteiger partial charge in [0.05, 0.1) is 10.3 Å². The molecule has 0 N–H and O–H groups in total. The van der Waals surface area contributed by atoms with Crippen LogP contribution in [0.5, 0.6) is 0 Å². The van der Waals surface area contributed by atoms with Gasteiger partial charge in [-0.2, -0.15) is 0 Å². The van der Waals surface area contributed by atoms with Gasteiger partial charge in [-0.05, 0) is 40.6 Å². The average Bonchev–Trinajstić information content (AvgIpc) is 2.51. The Morgan fingerprint density at radius 1 is 0.864 bits per heavy atom. The number of Topliss-reactive ketones (excluding diaryl/α,β-unsaturated/α-hetero) is 1. The van der Waals surface area contributed by atoms with Gasteiger partial charge in [-0.1, -0.05) is 30.3 Å². The first-order valence-corrected chi connectivity index (χ1v) is 6.94. The Hall–Kier alpha value is -3.01. The summed E-state index contributed by atoms with van der Waals surface area (Å²) in [6, 6.07) is 14.5. The molecule has 22 heavy (non-hydrogen) atoms. The maximum atomic E-state index is 11.9. The summed E-state index contributed by atoms with van der Waals surface area (Å²) in [5, 5.41) is 16.4. The normalized spacial score (nSPS) is 11.5. The number of nitrogens with zero attached hydrogens (tertiary/aromatic N) is 1. The predicted molar refractivity (Wildman–Crippen MR) is 86.8 cm³/mol. The largest absolute Gasteiger partial charge is 0.294 e. The summed E-state index contributed by atoms with van der Waals surface area (Å²) in [6.45, 7) is 1.54. The van der Waals surface area contributed by atoms with E-state index in [1.54, 1.807) is 12.1 Å². The van der Waals surface area contributed by atoms with Gasteiger partial charge in [0, 0.05) is 17.0 Å². The quantitative estimate of drug-likeness (QED) is 0.233. The zero-order chi connectivity index (χ0) is 15.4. The van der Waals surface area contributed by atoms with Crippen LogP contribution >= 0.6 is 0 Å². The van der Waals surface area contributed by atoms with Crippen molar-refractivity contribution in [1.82, 2.24) is 0 Å². The number of rotatable bonds is 2. The zero-order valence-corrected chi connectivity index (χ0v) is 11.8. The van der Waals surface area contributed by atoms with Gasteiger partial charge < -0.3 is 0 Å². The summed E-state index contributed by atoms with van der Waals surface area (Å²) < 4.78 is 0. The summed E-state index contributed by atoms with van der Waals surface area (Å²) in [5.41, 5.74) is 0.739. The second-order valence-corrected chi connectivity index (χ2v) is 5.43. The number of carbonyl (C=O) groups excluding carboxylic acids is 1. The van der Waals surface area contributed by atoms with Crippen LogP contribution < -0.4 is 0 Å². The molecule has 0 fully saturated rings. The van der Waals surface area contributed by atoms with E-state index in [0.717, 1.165) is 26.9 Å². The third kappa shape index (κ3) is 1.55. The minimum atomic E-state index is -0.363. The van der Waals surface area contributed by atoms with E-state index in [1.807, 2.05) is 30.3 Å².